The number of hydrogen-bond acceptors (Lipinski definition) is 2. The van der Waals surface area contributed by atoms with Crippen molar-refractivity contribution in [3.05, 3.63) is 35.4 Å². The van der Waals surface area contributed by atoms with Crippen LogP contribution in [-0.2, 0) is 16.6 Å². The van der Waals surface area contributed by atoms with Gasteiger partial charge in [0.2, 0.25) is 0 Å². The number of aromatic carboxylic acids is 1. The Hall–Kier alpha value is -1.16. The van der Waals surface area contributed by atoms with Crippen LogP contribution in [0.5, 0.6) is 0 Å². The van der Waals surface area contributed by atoms with Gasteiger partial charge in [0.15, 0.2) is 0 Å². The van der Waals surface area contributed by atoms with E-state index >= 15 is 0 Å². The van der Waals surface area contributed by atoms with Gasteiger partial charge in [-0.2, -0.15) is 0 Å². The molecule has 0 saturated carbocycles. The van der Waals surface area contributed by atoms with Gasteiger partial charge in [-0.15, -0.1) is 0 Å². The predicted molar refractivity (Wildman–Crippen MR) is 69.6 cm³/mol. The van der Waals surface area contributed by atoms with Crippen LogP contribution in [0.1, 0.15) is 36.2 Å². The highest BCUT2D eigenvalue weighted by atomic mass is 32.2. The molecular formula is C13H18O3S. The molecule has 0 amide bonds. The molecule has 0 aliphatic carbocycles. The molecule has 2 atom stereocenters. The Morgan fingerprint density at radius 2 is 1.94 bits per heavy atom. The quantitative estimate of drug-likeness (QED) is 0.849. The number of rotatable bonds is 6. The van der Waals surface area contributed by atoms with Crippen molar-refractivity contribution in [3.63, 3.8) is 0 Å². The Labute approximate surface area is 104 Å². The summed E-state index contributed by atoms with van der Waals surface area (Å²) in [6.45, 7) is 4.18. The Balaban J connectivity index is 2.57. The first-order valence-electron chi connectivity index (χ1n) is 5.70. The molecule has 0 saturated heterocycles. The fourth-order valence-electron chi connectivity index (χ4n) is 1.42. The first-order valence-corrected chi connectivity index (χ1v) is 7.19. The number of benzene rings is 1. The highest BCUT2D eigenvalue weighted by Crippen LogP contribution is 2.10. The maximum Gasteiger partial charge on any atom is 0.335 e. The van der Waals surface area contributed by atoms with Gasteiger partial charge in [-0.05, 0) is 23.6 Å². The average molecular weight is 254 g/mol. The summed E-state index contributed by atoms with van der Waals surface area (Å²) in [6, 6.07) is 6.58. The second kappa shape index (κ2) is 6.55. The Morgan fingerprint density at radius 3 is 2.41 bits per heavy atom. The summed E-state index contributed by atoms with van der Waals surface area (Å²) in [6.07, 6.45) is 1.03. The van der Waals surface area contributed by atoms with Gasteiger partial charge in [0.1, 0.15) is 0 Å². The molecule has 0 aliphatic rings. The smallest absolute Gasteiger partial charge is 0.335 e. The van der Waals surface area contributed by atoms with Crippen LogP contribution in [0.4, 0.5) is 0 Å². The van der Waals surface area contributed by atoms with Crippen LogP contribution >= 0.6 is 0 Å². The third kappa shape index (κ3) is 4.69. The van der Waals surface area contributed by atoms with Crippen LogP contribution in [0, 0.1) is 5.92 Å². The normalized spacial score (nSPS) is 14.2. The zero-order chi connectivity index (χ0) is 12.8. The van der Waals surface area contributed by atoms with E-state index in [0.29, 0.717) is 17.4 Å². The number of hydrogen-bond donors (Lipinski definition) is 1. The monoisotopic (exact) mass is 254 g/mol. The molecule has 1 rings (SSSR count). The SMILES string of the molecule is CCC(C)CS(=O)Cc1ccc(C(=O)O)cc1. The fraction of sp³-hybridized carbons (Fsp3) is 0.462. The summed E-state index contributed by atoms with van der Waals surface area (Å²) < 4.78 is 11.8. The summed E-state index contributed by atoms with van der Waals surface area (Å²) in [5.41, 5.74) is 1.19. The van der Waals surface area contributed by atoms with E-state index in [9.17, 15) is 9.00 Å². The van der Waals surface area contributed by atoms with Crippen LogP contribution in [0.15, 0.2) is 24.3 Å². The Kier molecular flexibility index (Phi) is 5.35. The lowest BCUT2D eigenvalue weighted by atomic mass is 10.1. The summed E-state index contributed by atoms with van der Waals surface area (Å²) in [7, 11) is -0.866. The molecule has 0 spiro atoms. The Bertz CT molecular complexity index is 398. The molecule has 0 aliphatic heterocycles. The van der Waals surface area contributed by atoms with Crippen LogP contribution < -0.4 is 0 Å². The lowest BCUT2D eigenvalue weighted by molar-refractivity contribution is 0.0697. The average Bonchev–Trinajstić information content (AvgIpc) is 2.29. The van der Waals surface area contributed by atoms with Crippen molar-refractivity contribution in [1.82, 2.24) is 0 Å². The van der Waals surface area contributed by atoms with Crippen LogP contribution in [0.25, 0.3) is 0 Å². The summed E-state index contributed by atoms with van der Waals surface area (Å²) in [5.74, 6) is 0.743. The van der Waals surface area contributed by atoms with E-state index < -0.39 is 16.8 Å². The fourth-order valence-corrected chi connectivity index (χ4v) is 2.98. The molecule has 0 heterocycles. The number of carboxylic acids is 1. The van der Waals surface area contributed by atoms with E-state index in [4.69, 9.17) is 5.11 Å². The lowest BCUT2D eigenvalue weighted by Crippen LogP contribution is -2.08. The van der Waals surface area contributed by atoms with E-state index in [0.717, 1.165) is 12.0 Å². The van der Waals surface area contributed by atoms with Gasteiger partial charge < -0.3 is 5.11 Å². The van der Waals surface area contributed by atoms with Gasteiger partial charge in [0, 0.05) is 22.3 Å². The van der Waals surface area contributed by atoms with Crippen LogP contribution in [0.2, 0.25) is 0 Å². The molecule has 1 aromatic carbocycles. The van der Waals surface area contributed by atoms with E-state index in [1.54, 1.807) is 24.3 Å². The van der Waals surface area contributed by atoms with E-state index in [2.05, 4.69) is 13.8 Å². The second-order valence-electron chi connectivity index (χ2n) is 4.27. The highest BCUT2D eigenvalue weighted by molar-refractivity contribution is 7.84. The second-order valence-corrected chi connectivity index (χ2v) is 5.77. The largest absolute Gasteiger partial charge is 0.478 e. The lowest BCUT2D eigenvalue weighted by Gasteiger charge is -2.08. The van der Waals surface area contributed by atoms with Crippen molar-refractivity contribution in [2.45, 2.75) is 26.0 Å². The van der Waals surface area contributed by atoms with E-state index in [1.807, 2.05) is 0 Å². The minimum Gasteiger partial charge on any atom is -0.478 e. The van der Waals surface area contributed by atoms with Gasteiger partial charge in [0.05, 0.1) is 5.56 Å². The van der Waals surface area contributed by atoms with Crippen molar-refractivity contribution in [1.29, 1.82) is 0 Å². The van der Waals surface area contributed by atoms with E-state index in [-0.39, 0.29) is 5.56 Å². The topological polar surface area (TPSA) is 54.4 Å². The summed E-state index contributed by atoms with van der Waals surface area (Å²) in [4.78, 5) is 10.7. The van der Waals surface area contributed by atoms with Gasteiger partial charge in [-0.25, -0.2) is 4.79 Å². The van der Waals surface area contributed by atoms with Crippen LogP contribution in [-0.4, -0.2) is 21.0 Å². The third-order valence-electron chi connectivity index (χ3n) is 2.70. The van der Waals surface area contributed by atoms with Crippen molar-refractivity contribution in [3.8, 4) is 0 Å². The van der Waals surface area contributed by atoms with Gasteiger partial charge in [-0.1, -0.05) is 32.4 Å². The molecule has 0 bridgehead atoms. The third-order valence-corrected chi connectivity index (χ3v) is 4.29. The predicted octanol–water partition coefficient (Wildman–Crippen LogP) is 2.68. The number of carbonyl (C=O) groups is 1. The minimum absolute atomic E-state index is 0.265. The molecule has 3 nitrogen and oxygen atoms in total. The molecule has 94 valence electrons. The summed E-state index contributed by atoms with van der Waals surface area (Å²) >= 11 is 0. The number of carboxylic acid groups (broad SMARTS) is 1. The molecule has 2 unspecified atom stereocenters. The van der Waals surface area contributed by atoms with Crippen molar-refractivity contribution in [2.75, 3.05) is 5.75 Å². The van der Waals surface area contributed by atoms with Gasteiger partial charge in [0.25, 0.3) is 0 Å². The minimum atomic E-state index is -0.933. The molecule has 4 heteroatoms. The molecule has 1 aromatic rings. The first kappa shape index (κ1) is 13.9. The molecule has 0 radical (unpaired) electrons. The Morgan fingerprint density at radius 1 is 1.35 bits per heavy atom. The summed E-state index contributed by atoms with van der Waals surface area (Å²) in [5, 5.41) is 8.75. The standard InChI is InChI=1S/C13H18O3S/c1-3-10(2)8-17(16)9-11-4-6-12(7-5-11)13(14)15/h4-7,10H,3,8-9H2,1-2H3,(H,14,15). The van der Waals surface area contributed by atoms with Crippen LogP contribution in [0.3, 0.4) is 0 Å². The molecule has 17 heavy (non-hydrogen) atoms. The maximum atomic E-state index is 11.8. The van der Waals surface area contributed by atoms with Crippen molar-refractivity contribution < 1.29 is 14.1 Å². The molecule has 1 N–H and O–H groups in total. The molecular weight excluding hydrogens is 236 g/mol. The zero-order valence-corrected chi connectivity index (χ0v) is 11.0. The maximum absolute atomic E-state index is 11.8. The van der Waals surface area contributed by atoms with Crippen molar-refractivity contribution in [2.24, 2.45) is 5.92 Å². The molecule has 0 fully saturated rings. The molecule has 0 aromatic heterocycles. The van der Waals surface area contributed by atoms with Gasteiger partial charge >= 0.3 is 5.97 Å². The zero-order valence-electron chi connectivity index (χ0n) is 10.2. The first-order chi connectivity index (χ1) is 8.02. The van der Waals surface area contributed by atoms with Crippen molar-refractivity contribution >= 4 is 16.8 Å². The van der Waals surface area contributed by atoms with E-state index in [1.165, 1.54) is 0 Å². The van der Waals surface area contributed by atoms with Gasteiger partial charge in [-0.3, -0.25) is 4.21 Å². The highest BCUT2D eigenvalue weighted by Gasteiger charge is 2.08.